The molecule has 0 spiro atoms. The summed E-state index contributed by atoms with van der Waals surface area (Å²) in [6, 6.07) is 23.7. The lowest BCUT2D eigenvalue weighted by Crippen LogP contribution is -2.45. The quantitative estimate of drug-likeness (QED) is 0.232. The normalized spacial score (nSPS) is 11.6. The summed E-state index contributed by atoms with van der Waals surface area (Å²) < 4.78 is 15.0. The van der Waals surface area contributed by atoms with Crippen molar-refractivity contribution in [2.24, 2.45) is 0 Å². The van der Waals surface area contributed by atoms with Gasteiger partial charge in [-0.25, -0.2) is 4.39 Å². The minimum atomic E-state index is -0.957. The second-order valence-electron chi connectivity index (χ2n) is 8.50. The van der Waals surface area contributed by atoms with Crippen LogP contribution in [0.25, 0.3) is 10.9 Å². The van der Waals surface area contributed by atoms with E-state index in [0.29, 0.717) is 11.4 Å². The Hall–Kier alpha value is -4.98. The molecule has 0 aliphatic carbocycles. The van der Waals surface area contributed by atoms with Crippen LogP contribution in [0.3, 0.4) is 0 Å². The van der Waals surface area contributed by atoms with E-state index < -0.39 is 23.7 Å². The van der Waals surface area contributed by atoms with Crippen molar-refractivity contribution in [2.45, 2.75) is 12.5 Å². The molecule has 5 rings (SSSR count). The molecule has 1 atom stereocenters. The molecule has 0 fully saturated rings. The van der Waals surface area contributed by atoms with E-state index in [0.717, 1.165) is 22.2 Å². The molecule has 0 bridgehead atoms. The molecule has 2 aromatic heterocycles. The fourth-order valence-electron chi connectivity index (χ4n) is 4.10. The Labute approximate surface area is 212 Å². The van der Waals surface area contributed by atoms with Gasteiger partial charge in [0.15, 0.2) is 0 Å². The van der Waals surface area contributed by atoms with Gasteiger partial charge in [-0.2, -0.15) is 0 Å². The van der Waals surface area contributed by atoms with Gasteiger partial charge in [-0.05, 0) is 54.1 Å². The monoisotopic (exact) mass is 493 g/mol. The number of nitrogens with zero attached hydrogens (tertiary/aromatic N) is 1. The number of hydrogen-bond donors (Lipinski definition) is 4. The fourth-order valence-corrected chi connectivity index (χ4v) is 4.10. The Bertz CT molecular complexity index is 1540. The number of anilines is 3. The van der Waals surface area contributed by atoms with Crippen LogP contribution in [-0.4, -0.2) is 27.8 Å². The van der Waals surface area contributed by atoms with Gasteiger partial charge < -0.3 is 20.9 Å². The molecular formula is C29H24FN5O2. The van der Waals surface area contributed by atoms with Gasteiger partial charge in [-0.1, -0.05) is 36.4 Å². The molecule has 4 N–H and O–H groups in total. The number of amides is 2. The second-order valence-corrected chi connectivity index (χ2v) is 8.50. The van der Waals surface area contributed by atoms with Crippen LogP contribution in [0.5, 0.6) is 0 Å². The maximum absolute atomic E-state index is 15.0. The zero-order chi connectivity index (χ0) is 25.6. The molecule has 0 aliphatic heterocycles. The first-order valence-electron chi connectivity index (χ1n) is 11.8. The standard InChI is InChI=1S/C29H24FN5O2/c30-25-17-22(33-20-6-2-1-3-7-20)10-11-24(25)28(36)35-27(29(37)34-21-12-14-31-15-13-21)16-19-18-32-26-9-5-4-8-23(19)26/h1-15,17-18,27,32-33H,16H2,(H,35,36)(H,31,34,37). The van der Waals surface area contributed by atoms with E-state index in [4.69, 9.17) is 0 Å². The van der Waals surface area contributed by atoms with Crippen molar-refractivity contribution in [3.05, 3.63) is 120 Å². The summed E-state index contributed by atoms with van der Waals surface area (Å²) in [4.78, 5) is 33.5. The highest BCUT2D eigenvalue weighted by Gasteiger charge is 2.25. The zero-order valence-corrected chi connectivity index (χ0v) is 19.7. The number of fused-ring (bicyclic) bond motifs is 1. The number of nitrogens with one attached hydrogen (secondary N) is 4. The summed E-state index contributed by atoms with van der Waals surface area (Å²) >= 11 is 0. The number of rotatable bonds is 8. The van der Waals surface area contributed by atoms with Crippen LogP contribution in [0.4, 0.5) is 21.5 Å². The average molecular weight is 494 g/mol. The minimum absolute atomic E-state index is 0.153. The largest absolute Gasteiger partial charge is 0.361 e. The van der Waals surface area contributed by atoms with Crippen molar-refractivity contribution in [1.29, 1.82) is 0 Å². The van der Waals surface area contributed by atoms with Gasteiger partial charge in [0.25, 0.3) is 5.91 Å². The highest BCUT2D eigenvalue weighted by atomic mass is 19.1. The van der Waals surface area contributed by atoms with Gasteiger partial charge in [-0.15, -0.1) is 0 Å². The van der Waals surface area contributed by atoms with Crippen molar-refractivity contribution in [3.63, 3.8) is 0 Å². The molecule has 0 saturated carbocycles. The molecule has 2 amide bonds. The lowest BCUT2D eigenvalue weighted by molar-refractivity contribution is -0.118. The number of carbonyl (C=O) groups is 2. The second kappa shape index (κ2) is 10.7. The maximum atomic E-state index is 15.0. The number of benzene rings is 3. The SMILES string of the molecule is O=C(NC(Cc1c[nH]c2ccccc12)C(=O)Nc1ccncc1)c1ccc(Nc2ccccc2)cc1F. The van der Waals surface area contributed by atoms with Crippen molar-refractivity contribution in [1.82, 2.24) is 15.3 Å². The molecule has 8 heteroatoms. The number of pyridine rings is 1. The minimum Gasteiger partial charge on any atom is -0.361 e. The number of H-pyrrole nitrogens is 1. The molecule has 184 valence electrons. The lowest BCUT2D eigenvalue weighted by atomic mass is 10.0. The number of hydrogen-bond acceptors (Lipinski definition) is 4. The maximum Gasteiger partial charge on any atom is 0.254 e. The predicted molar refractivity (Wildman–Crippen MR) is 142 cm³/mol. The Morgan fingerprint density at radius 2 is 1.62 bits per heavy atom. The number of carbonyl (C=O) groups excluding carboxylic acids is 2. The molecule has 0 saturated heterocycles. The molecule has 2 heterocycles. The van der Waals surface area contributed by atoms with E-state index in [1.54, 1.807) is 30.6 Å². The molecule has 1 unspecified atom stereocenters. The van der Waals surface area contributed by atoms with Crippen molar-refractivity contribution in [2.75, 3.05) is 10.6 Å². The third-order valence-electron chi connectivity index (χ3n) is 5.94. The van der Waals surface area contributed by atoms with Gasteiger partial charge in [-0.3, -0.25) is 14.6 Å². The average Bonchev–Trinajstić information content (AvgIpc) is 3.32. The number of aromatic nitrogens is 2. The number of para-hydroxylation sites is 2. The van der Waals surface area contributed by atoms with Crippen LogP contribution >= 0.6 is 0 Å². The fraction of sp³-hybridized carbons (Fsp3) is 0.0690. The van der Waals surface area contributed by atoms with Crippen LogP contribution in [0.1, 0.15) is 15.9 Å². The Balaban J connectivity index is 1.37. The van der Waals surface area contributed by atoms with E-state index in [1.165, 1.54) is 12.1 Å². The van der Waals surface area contributed by atoms with Crippen LogP contribution in [-0.2, 0) is 11.2 Å². The molecule has 0 aliphatic rings. The van der Waals surface area contributed by atoms with Gasteiger partial charge in [0.05, 0.1) is 5.56 Å². The van der Waals surface area contributed by atoms with Crippen LogP contribution in [0.2, 0.25) is 0 Å². The van der Waals surface area contributed by atoms with E-state index in [-0.39, 0.29) is 12.0 Å². The molecule has 0 radical (unpaired) electrons. The lowest BCUT2D eigenvalue weighted by Gasteiger charge is -2.19. The molecule has 3 aromatic carbocycles. The first-order chi connectivity index (χ1) is 18.1. The Morgan fingerprint density at radius 3 is 2.41 bits per heavy atom. The molecule has 7 nitrogen and oxygen atoms in total. The van der Waals surface area contributed by atoms with E-state index in [9.17, 15) is 14.0 Å². The van der Waals surface area contributed by atoms with E-state index >= 15 is 0 Å². The first kappa shape index (κ1) is 23.7. The van der Waals surface area contributed by atoms with E-state index in [2.05, 4.69) is 25.9 Å². The molecule has 37 heavy (non-hydrogen) atoms. The third-order valence-corrected chi connectivity index (χ3v) is 5.94. The van der Waals surface area contributed by atoms with Gasteiger partial charge in [0.1, 0.15) is 11.9 Å². The summed E-state index contributed by atoms with van der Waals surface area (Å²) in [7, 11) is 0. The smallest absolute Gasteiger partial charge is 0.254 e. The Morgan fingerprint density at radius 1 is 0.865 bits per heavy atom. The van der Waals surface area contributed by atoms with Crippen LogP contribution < -0.4 is 16.0 Å². The van der Waals surface area contributed by atoms with Crippen molar-refractivity contribution in [3.8, 4) is 0 Å². The molecule has 5 aromatic rings. The topological polar surface area (TPSA) is 98.9 Å². The summed E-state index contributed by atoms with van der Waals surface area (Å²) in [5.74, 6) is -1.80. The zero-order valence-electron chi connectivity index (χ0n) is 19.7. The summed E-state index contributed by atoms with van der Waals surface area (Å²) in [5.41, 5.74) is 3.47. The number of aromatic amines is 1. The van der Waals surface area contributed by atoms with E-state index in [1.807, 2.05) is 60.8 Å². The Kier molecular flexibility index (Phi) is 6.89. The highest BCUT2D eigenvalue weighted by molar-refractivity contribution is 6.02. The molecular weight excluding hydrogens is 469 g/mol. The van der Waals surface area contributed by atoms with Crippen molar-refractivity contribution < 1.29 is 14.0 Å². The van der Waals surface area contributed by atoms with Crippen molar-refractivity contribution >= 4 is 39.8 Å². The summed E-state index contributed by atoms with van der Waals surface area (Å²) in [5, 5.41) is 9.57. The van der Waals surface area contributed by atoms with Gasteiger partial charge in [0.2, 0.25) is 5.91 Å². The van der Waals surface area contributed by atoms with Gasteiger partial charge in [0, 0.05) is 53.0 Å². The summed E-state index contributed by atoms with van der Waals surface area (Å²) in [6.45, 7) is 0. The van der Waals surface area contributed by atoms with Crippen LogP contribution in [0.15, 0.2) is 104 Å². The highest BCUT2D eigenvalue weighted by Crippen LogP contribution is 2.22. The van der Waals surface area contributed by atoms with Gasteiger partial charge >= 0.3 is 0 Å². The number of halogens is 1. The first-order valence-corrected chi connectivity index (χ1v) is 11.8. The van der Waals surface area contributed by atoms with Crippen LogP contribution in [0, 0.1) is 5.82 Å². The third kappa shape index (κ3) is 5.65. The summed E-state index contributed by atoms with van der Waals surface area (Å²) in [6.07, 6.45) is 5.14. The predicted octanol–water partition coefficient (Wildman–Crippen LogP) is 5.43.